The molecule has 0 rings (SSSR count). The molecule has 0 spiro atoms. The molecule has 0 amide bonds. The third-order valence-electron chi connectivity index (χ3n) is 12.8. The van der Waals surface area contributed by atoms with Gasteiger partial charge in [-0.2, -0.15) is 0 Å². The molecule has 2 N–H and O–H groups in total. The van der Waals surface area contributed by atoms with E-state index in [4.69, 9.17) is 4.74 Å². The molecule has 0 aromatic carbocycles. The van der Waals surface area contributed by atoms with E-state index in [1.807, 2.05) is 0 Å². The number of esters is 1. The van der Waals surface area contributed by atoms with Gasteiger partial charge in [-0.3, -0.25) is 4.79 Å². The lowest BCUT2D eigenvalue weighted by Gasteiger charge is -2.37. The number of ether oxygens (including phenoxy) is 1. The van der Waals surface area contributed by atoms with Crippen molar-refractivity contribution in [3.05, 3.63) is 24.3 Å². The summed E-state index contributed by atoms with van der Waals surface area (Å²) < 4.78 is 6.28. The lowest BCUT2D eigenvalue weighted by Crippen LogP contribution is -2.48. The summed E-state index contributed by atoms with van der Waals surface area (Å²) in [7, 11) is 0. The molecule has 1 unspecified atom stereocenters. The van der Waals surface area contributed by atoms with Gasteiger partial charge in [-0.1, -0.05) is 238 Å². The van der Waals surface area contributed by atoms with Crippen molar-refractivity contribution in [3.63, 3.8) is 0 Å². The summed E-state index contributed by atoms with van der Waals surface area (Å²) in [6.07, 6.45) is 61.9. The van der Waals surface area contributed by atoms with Crippen molar-refractivity contribution in [1.82, 2.24) is 0 Å². The van der Waals surface area contributed by atoms with Gasteiger partial charge in [-0.05, 0) is 83.5 Å². The summed E-state index contributed by atoms with van der Waals surface area (Å²) >= 11 is 0. The zero-order valence-corrected chi connectivity index (χ0v) is 40.4. The van der Waals surface area contributed by atoms with E-state index in [1.54, 1.807) is 0 Å². The van der Waals surface area contributed by atoms with Gasteiger partial charge in [0.1, 0.15) is 11.7 Å². The molecule has 0 aromatic rings. The van der Waals surface area contributed by atoms with Crippen LogP contribution in [0.25, 0.3) is 0 Å². The second-order valence-electron chi connectivity index (χ2n) is 18.6. The first-order valence-corrected chi connectivity index (χ1v) is 26.9. The highest BCUT2D eigenvalue weighted by Gasteiger charge is 2.40. The Balaban J connectivity index is 4.64. The van der Waals surface area contributed by atoms with Crippen LogP contribution in [0.5, 0.6) is 0 Å². The highest BCUT2D eigenvalue weighted by atomic mass is 16.6. The van der Waals surface area contributed by atoms with E-state index >= 15 is 0 Å². The van der Waals surface area contributed by atoms with Gasteiger partial charge < -0.3 is 14.9 Å². The molecule has 0 aromatic heterocycles. The molecule has 0 fully saturated rings. The second-order valence-corrected chi connectivity index (χ2v) is 18.6. The van der Waals surface area contributed by atoms with Gasteiger partial charge in [0.25, 0.3) is 0 Å². The number of hydrogen-bond donors (Lipinski definition) is 2. The normalized spacial score (nSPS) is 12.7. The first kappa shape index (κ1) is 57.9. The SMILES string of the molecule is CCCCCCCC/C=C\CCCCCCCCC(CCCCCCCC/C=C\CCCCCCCC)(OC(=O)CCCCCCCCCCCCCCC)C(O)CO. The van der Waals surface area contributed by atoms with Crippen LogP contribution in [0.2, 0.25) is 0 Å². The number of aliphatic hydroxyl groups excluding tert-OH is 2. The van der Waals surface area contributed by atoms with Crippen LogP contribution in [-0.2, 0) is 9.53 Å². The lowest BCUT2D eigenvalue weighted by molar-refractivity contribution is -0.181. The summed E-state index contributed by atoms with van der Waals surface area (Å²) in [6.45, 7) is 6.48. The smallest absolute Gasteiger partial charge is 0.306 e. The molecular weight excluding hydrogens is 725 g/mol. The summed E-state index contributed by atoms with van der Waals surface area (Å²) in [6, 6.07) is 0. The summed E-state index contributed by atoms with van der Waals surface area (Å²) in [5.41, 5.74) is -0.968. The third kappa shape index (κ3) is 40.7. The minimum atomic E-state index is -1.02. The highest BCUT2D eigenvalue weighted by Crippen LogP contribution is 2.32. The van der Waals surface area contributed by atoms with E-state index in [1.165, 1.54) is 225 Å². The van der Waals surface area contributed by atoms with Crippen LogP contribution in [0.15, 0.2) is 24.3 Å². The number of aliphatic hydroxyl groups is 2. The van der Waals surface area contributed by atoms with Gasteiger partial charge in [-0.25, -0.2) is 0 Å². The standard InChI is InChI=1S/C55H106O4/c1-4-7-10-13-16-19-22-25-27-29-32-35-38-41-44-47-50-55(53(57)52-56,51-48-45-42-39-36-33-30-28-26-23-20-17-14-11-8-5-2)59-54(58)49-46-43-40-37-34-31-24-21-18-15-12-9-6-3/h25-28,53,56-57H,4-24,29-52H2,1-3H3/b27-25-,28-26-. The maximum Gasteiger partial charge on any atom is 0.306 e. The average molecular weight is 831 g/mol. The van der Waals surface area contributed by atoms with Crippen molar-refractivity contribution in [1.29, 1.82) is 0 Å². The Morgan fingerprint density at radius 1 is 0.407 bits per heavy atom. The Kier molecular flexibility index (Phi) is 47.0. The summed E-state index contributed by atoms with van der Waals surface area (Å²) in [5.74, 6) is -0.185. The minimum Gasteiger partial charge on any atom is -0.456 e. The van der Waals surface area contributed by atoms with Crippen LogP contribution in [0, 0.1) is 0 Å². The maximum absolute atomic E-state index is 13.3. The van der Waals surface area contributed by atoms with Crippen LogP contribution in [-0.4, -0.2) is 34.5 Å². The first-order chi connectivity index (χ1) is 29.1. The predicted molar refractivity (Wildman–Crippen MR) is 260 cm³/mol. The fraction of sp³-hybridized carbons (Fsp3) is 0.909. The third-order valence-corrected chi connectivity index (χ3v) is 12.8. The molecule has 0 aliphatic heterocycles. The molecule has 59 heavy (non-hydrogen) atoms. The molecular formula is C55H106O4. The fourth-order valence-corrected chi connectivity index (χ4v) is 8.70. The topological polar surface area (TPSA) is 66.8 Å². The van der Waals surface area contributed by atoms with Crippen LogP contribution in [0.4, 0.5) is 0 Å². The highest BCUT2D eigenvalue weighted by molar-refractivity contribution is 5.70. The minimum absolute atomic E-state index is 0.185. The van der Waals surface area contributed by atoms with Crippen molar-refractivity contribution >= 4 is 5.97 Å². The lowest BCUT2D eigenvalue weighted by atomic mass is 9.84. The Bertz CT molecular complexity index is 838. The molecule has 1 atom stereocenters. The van der Waals surface area contributed by atoms with Crippen molar-refractivity contribution in [2.45, 2.75) is 315 Å². The van der Waals surface area contributed by atoms with Gasteiger partial charge in [-0.15, -0.1) is 0 Å². The molecule has 0 bridgehead atoms. The number of allylic oxidation sites excluding steroid dienone is 4. The van der Waals surface area contributed by atoms with E-state index in [-0.39, 0.29) is 12.6 Å². The number of hydrogen-bond acceptors (Lipinski definition) is 4. The number of rotatable bonds is 49. The Labute approximate surface area is 370 Å². The molecule has 350 valence electrons. The molecule has 0 saturated heterocycles. The van der Waals surface area contributed by atoms with Crippen LogP contribution >= 0.6 is 0 Å². The molecule has 0 aliphatic carbocycles. The van der Waals surface area contributed by atoms with Crippen LogP contribution in [0.3, 0.4) is 0 Å². The van der Waals surface area contributed by atoms with E-state index in [0.29, 0.717) is 19.3 Å². The van der Waals surface area contributed by atoms with Crippen molar-refractivity contribution < 1.29 is 19.7 Å². The van der Waals surface area contributed by atoms with Crippen molar-refractivity contribution in [2.75, 3.05) is 6.61 Å². The maximum atomic E-state index is 13.3. The number of carbonyl (C=O) groups excluding carboxylic acids is 1. The van der Waals surface area contributed by atoms with Crippen LogP contribution in [0.1, 0.15) is 303 Å². The molecule has 0 saturated carbocycles. The van der Waals surface area contributed by atoms with E-state index in [9.17, 15) is 15.0 Å². The van der Waals surface area contributed by atoms with Gasteiger partial charge in [0.15, 0.2) is 0 Å². The molecule has 0 heterocycles. The molecule has 0 radical (unpaired) electrons. The molecule has 0 aliphatic rings. The van der Waals surface area contributed by atoms with Gasteiger partial charge in [0.2, 0.25) is 0 Å². The first-order valence-electron chi connectivity index (χ1n) is 26.9. The molecule has 4 heteroatoms. The average Bonchev–Trinajstić information content (AvgIpc) is 3.24. The Morgan fingerprint density at radius 2 is 0.661 bits per heavy atom. The Hall–Kier alpha value is -1.13. The van der Waals surface area contributed by atoms with E-state index < -0.39 is 11.7 Å². The van der Waals surface area contributed by atoms with E-state index in [2.05, 4.69) is 45.1 Å². The Morgan fingerprint density at radius 3 is 0.949 bits per heavy atom. The second kappa shape index (κ2) is 47.9. The van der Waals surface area contributed by atoms with Gasteiger partial charge in [0.05, 0.1) is 6.61 Å². The zero-order chi connectivity index (χ0) is 43.0. The van der Waals surface area contributed by atoms with Crippen molar-refractivity contribution in [2.24, 2.45) is 0 Å². The number of unbranched alkanes of at least 4 members (excludes halogenated alkanes) is 36. The van der Waals surface area contributed by atoms with Gasteiger partial charge in [0, 0.05) is 6.42 Å². The fourth-order valence-electron chi connectivity index (χ4n) is 8.70. The number of carbonyl (C=O) groups is 1. The van der Waals surface area contributed by atoms with Crippen molar-refractivity contribution in [3.8, 4) is 0 Å². The predicted octanol–water partition coefficient (Wildman–Crippen LogP) is 18.0. The van der Waals surface area contributed by atoms with E-state index in [0.717, 1.165) is 38.5 Å². The zero-order valence-electron chi connectivity index (χ0n) is 40.4. The summed E-state index contributed by atoms with van der Waals surface area (Å²) in [5, 5.41) is 21.4. The summed E-state index contributed by atoms with van der Waals surface area (Å²) in [4.78, 5) is 13.3. The van der Waals surface area contributed by atoms with Gasteiger partial charge >= 0.3 is 5.97 Å². The quantitative estimate of drug-likeness (QED) is 0.0364. The molecule has 4 nitrogen and oxygen atoms in total. The van der Waals surface area contributed by atoms with Crippen LogP contribution < -0.4 is 0 Å². The monoisotopic (exact) mass is 831 g/mol. The largest absolute Gasteiger partial charge is 0.456 e.